The third-order valence-electron chi connectivity index (χ3n) is 4.38. The predicted molar refractivity (Wildman–Crippen MR) is 107 cm³/mol. The third-order valence-corrected chi connectivity index (χ3v) is 4.94. The quantitative estimate of drug-likeness (QED) is 0.726. The average molecular weight is 391 g/mol. The lowest BCUT2D eigenvalue weighted by molar-refractivity contribution is -0.126. The molecular weight excluding hydrogens is 371 g/mol. The van der Waals surface area contributed by atoms with E-state index < -0.39 is 0 Å². The lowest BCUT2D eigenvalue weighted by Crippen LogP contribution is -2.48. The summed E-state index contributed by atoms with van der Waals surface area (Å²) in [5.74, 6) is 0.824. The molecule has 1 saturated heterocycles. The minimum absolute atomic E-state index is 0.0127. The van der Waals surface area contributed by atoms with Gasteiger partial charge in [-0.05, 0) is 35.9 Å². The smallest absolute Gasteiger partial charge is 0.246 e. The number of ether oxygens (including phenoxy) is 1. The Morgan fingerprint density at radius 3 is 2.54 bits per heavy atom. The van der Waals surface area contributed by atoms with E-state index in [9.17, 15) is 4.79 Å². The molecule has 3 rings (SSSR count). The van der Waals surface area contributed by atoms with Crippen molar-refractivity contribution in [3.05, 3.63) is 64.1 Å². The number of benzene rings is 2. The van der Waals surface area contributed by atoms with Crippen molar-refractivity contribution < 1.29 is 9.53 Å². The lowest BCUT2D eigenvalue weighted by atomic mass is 10.2. The molecule has 0 aromatic heterocycles. The first kappa shape index (κ1) is 18.6. The molecule has 2 aromatic carbocycles. The molecule has 0 atom stereocenters. The summed E-state index contributed by atoms with van der Waals surface area (Å²) in [6.07, 6.45) is 3.30. The number of nitrogens with zero attached hydrogens (tertiary/aromatic N) is 2. The van der Waals surface area contributed by atoms with Crippen LogP contribution in [0.2, 0.25) is 10.0 Å². The Kier molecular flexibility index (Phi) is 6.07. The zero-order valence-corrected chi connectivity index (χ0v) is 16.0. The second-order valence-corrected chi connectivity index (χ2v) is 6.86. The Labute approximate surface area is 163 Å². The fourth-order valence-electron chi connectivity index (χ4n) is 2.90. The standard InChI is InChI=1S/C20H20Cl2N2O2/c1-26-18-4-2-3-17(14-18)23-9-11-24(12-10-23)20(25)8-6-15-5-7-16(21)13-19(15)22/h2-8,13-14H,9-12H2,1H3/b8-6+. The number of rotatable bonds is 4. The Hall–Kier alpha value is -2.17. The van der Waals surface area contributed by atoms with Gasteiger partial charge >= 0.3 is 0 Å². The van der Waals surface area contributed by atoms with Gasteiger partial charge in [-0.25, -0.2) is 0 Å². The number of halogens is 2. The maximum atomic E-state index is 12.4. The lowest BCUT2D eigenvalue weighted by Gasteiger charge is -2.35. The van der Waals surface area contributed by atoms with Gasteiger partial charge in [-0.1, -0.05) is 35.3 Å². The minimum atomic E-state index is -0.0127. The SMILES string of the molecule is COc1cccc(N2CCN(C(=O)/C=C/c3ccc(Cl)cc3Cl)CC2)c1. The molecule has 0 bridgehead atoms. The summed E-state index contributed by atoms with van der Waals surface area (Å²) in [5.41, 5.74) is 1.89. The van der Waals surface area contributed by atoms with Crippen LogP contribution >= 0.6 is 23.2 Å². The van der Waals surface area contributed by atoms with Crippen LogP contribution in [-0.2, 0) is 4.79 Å². The molecule has 1 aliphatic heterocycles. The molecule has 1 heterocycles. The number of piperazine rings is 1. The van der Waals surface area contributed by atoms with E-state index in [0.717, 1.165) is 30.1 Å². The summed E-state index contributed by atoms with van der Waals surface area (Å²) in [5, 5.41) is 1.11. The van der Waals surface area contributed by atoms with Crippen LogP contribution in [0.15, 0.2) is 48.5 Å². The van der Waals surface area contributed by atoms with Gasteiger partial charge in [-0.2, -0.15) is 0 Å². The Morgan fingerprint density at radius 1 is 1.08 bits per heavy atom. The summed E-state index contributed by atoms with van der Waals surface area (Å²) in [6.45, 7) is 2.92. The van der Waals surface area contributed by atoms with Crippen molar-refractivity contribution in [1.29, 1.82) is 0 Å². The van der Waals surface area contributed by atoms with Crippen molar-refractivity contribution in [2.24, 2.45) is 0 Å². The van der Waals surface area contributed by atoms with E-state index in [1.54, 1.807) is 37.5 Å². The number of anilines is 1. The molecule has 0 saturated carbocycles. The van der Waals surface area contributed by atoms with E-state index >= 15 is 0 Å². The van der Waals surface area contributed by atoms with Crippen LogP contribution in [0.4, 0.5) is 5.69 Å². The highest BCUT2D eigenvalue weighted by atomic mass is 35.5. The van der Waals surface area contributed by atoms with Crippen LogP contribution in [0.1, 0.15) is 5.56 Å². The van der Waals surface area contributed by atoms with Gasteiger partial charge in [0.05, 0.1) is 7.11 Å². The van der Waals surface area contributed by atoms with Crippen molar-refractivity contribution >= 4 is 40.9 Å². The van der Waals surface area contributed by atoms with Crippen LogP contribution in [0.3, 0.4) is 0 Å². The number of hydrogen-bond donors (Lipinski definition) is 0. The van der Waals surface area contributed by atoms with Gasteiger partial charge in [0.1, 0.15) is 5.75 Å². The largest absolute Gasteiger partial charge is 0.497 e. The fraction of sp³-hybridized carbons (Fsp3) is 0.250. The minimum Gasteiger partial charge on any atom is -0.497 e. The van der Waals surface area contributed by atoms with Crippen molar-refractivity contribution in [2.45, 2.75) is 0 Å². The van der Waals surface area contributed by atoms with E-state index in [2.05, 4.69) is 11.0 Å². The van der Waals surface area contributed by atoms with Crippen LogP contribution in [-0.4, -0.2) is 44.1 Å². The molecule has 4 nitrogen and oxygen atoms in total. The molecule has 2 aromatic rings. The first-order chi connectivity index (χ1) is 12.6. The van der Waals surface area contributed by atoms with Gasteiger partial charge in [0.2, 0.25) is 5.91 Å². The fourth-order valence-corrected chi connectivity index (χ4v) is 3.37. The molecule has 0 spiro atoms. The van der Waals surface area contributed by atoms with Crippen molar-refractivity contribution in [1.82, 2.24) is 4.90 Å². The van der Waals surface area contributed by atoms with Gasteiger partial charge < -0.3 is 14.5 Å². The van der Waals surface area contributed by atoms with Gasteiger partial charge in [0, 0.05) is 54.1 Å². The highest BCUT2D eigenvalue weighted by Crippen LogP contribution is 2.23. The molecule has 0 N–H and O–H groups in total. The Balaban J connectivity index is 1.58. The van der Waals surface area contributed by atoms with Crippen molar-refractivity contribution in [3.8, 4) is 5.75 Å². The second-order valence-electron chi connectivity index (χ2n) is 6.01. The van der Waals surface area contributed by atoms with Gasteiger partial charge in [-0.15, -0.1) is 0 Å². The number of methoxy groups -OCH3 is 1. The highest BCUT2D eigenvalue weighted by Gasteiger charge is 2.20. The zero-order chi connectivity index (χ0) is 18.5. The van der Waals surface area contributed by atoms with Gasteiger partial charge in [-0.3, -0.25) is 4.79 Å². The van der Waals surface area contributed by atoms with Crippen molar-refractivity contribution in [3.63, 3.8) is 0 Å². The molecule has 136 valence electrons. The average Bonchev–Trinajstić information content (AvgIpc) is 2.67. The summed E-state index contributed by atoms with van der Waals surface area (Å²) in [6, 6.07) is 13.2. The van der Waals surface area contributed by atoms with Gasteiger partial charge in [0.25, 0.3) is 0 Å². The summed E-state index contributed by atoms with van der Waals surface area (Å²) < 4.78 is 5.28. The summed E-state index contributed by atoms with van der Waals surface area (Å²) >= 11 is 12.0. The third kappa shape index (κ3) is 4.51. The maximum absolute atomic E-state index is 12.4. The molecule has 1 aliphatic rings. The molecule has 1 amide bonds. The molecule has 6 heteroatoms. The van der Waals surface area contributed by atoms with Gasteiger partial charge in [0.15, 0.2) is 0 Å². The number of carbonyl (C=O) groups excluding carboxylic acids is 1. The predicted octanol–water partition coefficient (Wildman–Crippen LogP) is 4.36. The zero-order valence-electron chi connectivity index (χ0n) is 14.5. The first-order valence-corrected chi connectivity index (χ1v) is 9.13. The molecule has 0 unspecified atom stereocenters. The number of hydrogen-bond acceptors (Lipinski definition) is 3. The first-order valence-electron chi connectivity index (χ1n) is 8.38. The van der Waals surface area contributed by atoms with Crippen molar-refractivity contribution in [2.75, 3.05) is 38.2 Å². The topological polar surface area (TPSA) is 32.8 Å². The molecular formula is C20H20Cl2N2O2. The molecule has 0 aliphatic carbocycles. The molecule has 1 fully saturated rings. The van der Waals surface area contributed by atoms with Crippen LogP contribution in [0.25, 0.3) is 6.08 Å². The molecule has 26 heavy (non-hydrogen) atoms. The number of amides is 1. The molecule has 0 radical (unpaired) electrons. The van der Waals surface area contributed by atoms with E-state index in [4.69, 9.17) is 27.9 Å². The van der Waals surface area contributed by atoms with E-state index in [1.807, 2.05) is 23.1 Å². The normalized spacial score (nSPS) is 14.7. The van der Waals surface area contributed by atoms with E-state index in [1.165, 1.54) is 0 Å². The van der Waals surface area contributed by atoms with Crippen LogP contribution < -0.4 is 9.64 Å². The van der Waals surface area contributed by atoms with Crippen LogP contribution in [0, 0.1) is 0 Å². The monoisotopic (exact) mass is 390 g/mol. The summed E-state index contributed by atoms with van der Waals surface area (Å²) in [7, 11) is 1.66. The van der Waals surface area contributed by atoms with E-state index in [-0.39, 0.29) is 5.91 Å². The van der Waals surface area contributed by atoms with E-state index in [0.29, 0.717) is 23.1 Å². The number of carbonyl (C=O) groups is 1. The Morgan fingerprint density at radius 2 is 1.85 bits per heavy atom. The summed E-state index contributed by atoms with van der Waals surface area (Å²) in [4.78, 5) is 16.5. The Bertz CT molecular complexity index is 815. The maximum Gasteiger partial charge on any atom is 0.246 e. The highest BCUT2D eigenvalue weighted by molar-refractivity contribution is 6.35. The van der Waals surface area contributed by atoms with Crippen LogP contribution in [0.5, 0.6) is 5.75 Å². The second kappa shape index (κ2) is 8.47.